The van der Waals surface area contributed by atoms with Gasteiger partial charge >= 0.3 is 0 Å². The molecule has 0 aromatic heterocycles. The van der Waals surface area contributed by atoms with Crippen LogP contribution in [0.25, 0.3) is 0 Å². The molecule has 0 atom stereocenters. The van der Waals surface area contributed by atoms with E-state index in [1.54, 1.807) is 0 Å². The standard InChI is InChI=1S/C13H16BrN3O4/c1-3-6-15-12(18)8-16(2)13(19)9-4-5-10(14)11(7-9)17(20)21/h4-5,7H,3,6,8H2,1-2H3,(H,15,18). The molecule has 7 nitrogen and oxygen atoms in total. The number of likely N-dealkylation sites (N-methyl/N-ethyl adjacent to an activating group) is 1. The molecule has 0 aliphatic rings. The van der Waals surface area contributed by atoms with Gasteiger partial charge in [-0.15, -0.1) is 0 Å². The van der Waals surface area contributed by atoms with Crippen molar-refractivity contribution in [3.05, 3.63) is 38.3 Å². The molecule has 1 N–H and O–H groups in total. The van der Waals surface area contributed by atoms with E-state index in [1.165, 1.54) is 30.1 Å². The van der Waals surface area contributed by atoms with Gasteiger partial charge < -0.3 is 10.2 Å². The average molecular weight is 358 g/mol. The summed E-state index contributed by atoms with van der Waals surface area (Å²) in [5.74, 6) is -0.712. The molecule has 0 saturated heterocycles. The molecule has 0 fully saturated rings. The summed E-state index contributed by atoms with van der Waals surface area (Å²) in [6.07, 6.45) is 0.808. The summed E-state index contributed by atoms with van der Waals surface area (Å²) in [5.41, 5.74) is -0.0274. The Hall–Kier alpha value is -1.96. The minimum absolute atomic E-state index is 0.0945. The molecule has 0 radical (unpaired) electrons. The number of halogens is 1. The SMILES string of the molecule is CCCNC(=O)CN(C)C(=O)c1ccc(Br)c([N+](=O)[O-])c1. The maximum atomic E-state index is 12.1. The van der Waals surface area contributed by atoms with Crippen molar-refractivity contribution in [1.82, 2.24) is 10.2 Å². The number of carbonyl (C=O) groups excluding carboxylic acids is 2. The van der Waals surface area contributed by atoms with Gasteiger partial charge in [-0.2, -0.15) is 0 Å². The first-order chi connectivity index (χ1) is 9.86. The van der Waals surface area contributed by atoms with Gasteiger partial charge in [-0.3, -0.25) is 19.7 Å². The number of nitro benzene ring substituents is 1. The molecular formula is C13H16BrN3O4. The van der Waals surface area contributed by atoms with E-state index in [9.17, 15) is 19.7 Å². The molecule has 0 saturated carbocycles. The lowest BCUT2D eigenvalue weighted by atomic mass is 10.2. The number of hydrogen-bond acceptors (Lipinski definition) is 4. The van der Waals surface area contributed by atoms with Crippen LogP contribution >= 0.6 is 15.9 Å². The first-order valence-corrected chi connectivity index (χ1v) is 7.12. The predicted octanol–water partition coefficient (Wildman–Crippen LogP) is 1.96. The van der Waals surface area contributed by atoms with Gasteiger partial charge in [0, 0.05) is 25.2 Å². The first-order valence-electron chi connectivity index (χ1n) is 6.33. The summed E-state index contributed by atoms with van der Waals surface area (Å²) in [4.78, 5) is 35.2. The number of nitrogens with one attached hydrogen (secondary N) is 1. The summed E-state index contributed by atoms with van der Waals surface area (Å²) in [6.45, 7) is 2.38. The fourth-order valence-corrected chi connectivity index (χ4v) is 2.00. The van der Waals surface area contributed by atoms with Crippen LogP contribution in [0.3, 0.4) is 0 Å². The molecular weight excluding hydrogens is 342 g/mol. The summed E-state index contributed by atoms with van der Waals surface area (Å²) in [5, 5.41) is 13.5. The van der Waals surface area contributed by atoms with Crippen LogP contribution in [-0.4, -0.2) is 41.8 Å². The van der Waals surface area contributed by atoms with Crippen LogP contribution in [0.15, 0.2) is 22.7 Å². The van der Waals surface area contributed by atoms with Gasteiger partial charge in [0.25, 0.3) is 11.6 Å². The zero-order chi connectivity index (χ0) is 16.0. The van der Waals surface area contributed by atoms with Crippen molar-refractivity contribution in [2.24, 2.45) is 0 Å². The fourth-order valence-electron chi connectivity index (χ4n) is 1.61. The highest BCUT2D eigenvalue weighted by atomic mass is 79.9. The predicted molar refractivity (Wildman–Crippen MR) is 81.1 cm³/mol. The average Bonchev–Trinajstić information content (AvgIpc) is 2.44. The third-order valence-electron chi connectivity index (χ3n) is 2.69. The number of carbonyl (C=O) groups is 2. The number of rotatable bonds is 6. The monoisotopic (exact) mass is 357 g/mol. The molecule has 0 spiro atoms. The van der Waals surface area contributed by atoms with E-state index in [-0.39, 0.29) is 23.7 Å². The molecule has 1 rings (SSSR count). The smallest absolute Gasteiger partial charge is 0.284 e. The second-order valence-corrected chi connectivity index (χ2v) is 5.29. The highest BCUT2D eigenvalue weighted by Crippen LogP contribution is 2.26. The maximum Gasteiger partial charge on any atom is 0.284 e. The highest BCUT2D eigenvalue weighted by molar-refractivity contribution is 9.10. The second kappa shape index (κ2) is 7.72. The van der Waals surface area contributed by atoms with Crippen LogP contribution < -0.4 is 5.32 Å². The Morgan fingerprint density at radius 3 is 2.67 bits per heavy atom. The van der Waals surface area contributed by atoms with E-state index < -0.39 is 10.8 Å². The van der Waals surface area contributed by atoms with E-state index in [0.29, 0.717) is 11.0 Å². The number of nitro groups is 1. The number of nitrogens with zero attached hydrogens (tertiary/aromatic N) is 2. The minimum Gasteiger partial charge on any atom is -0.355 e. The second-order valence-electron chi connectivity index (χ2n) is 4.43. The third kappa shape index (κ3) is 4.82. The first kappa shape index (κ1) is 17.1. The molecule has 114 valence electrons. The van der Waals surface area contributed by atoms with Crippen LogP contribution in [0.1, 0.15) is 23.7 Å². The Bertz CT molecular complexity index is 562. The molecule has 0 aliphatic carbocycles. The van der Waals surface area contributed by atoms with Gasteiger partial charge in [-0.25, -0.2) is 0 Å². The Balaban J connectivity index is 2.81. The molecule has 0 heterocycles. The Labute approximate surface area is 130 Å². The Morgan fingerprint density at radius 2 is 2.10 bits per heavy atom. The summed E-state index contributed by atoms with van der Waals surface area (Å²) in [7, 11) is 1.47. The Morgan fingerprint density at radius 1 is 1.43 bits per heavy atom. The number of hydrogen-bond donors (Lipinski definition) is 1. The van der Waals surface area contributed by atoms with Crippen molar-refractivity contribution in [2.75, 3.05) is 20.1 Å². The summed E-state index contributed by atoms with van der Waals surface area (Å²) in [6, 6.07) is 4.10. The van der Waals surface area contributed by atoms with Crippen molar-refractivity contribution in [1.29, 1.82) is 0 Å². The van der Waals surface area contributed by atoms with Gasteiger partial charge in [0.15, 0.2) is 0 Å². The van der Waals surface area contributed by atoms with E-state index in [0.717, 1.165) is 6.42 Å². The number of benzene rings is 1. The summed E-state index contributed by atoms with van der Waals surface area (Å²) >= 11 is 3.06. The van der Waals surface area contributed by atoms with E-state index in [4.69, 9.17) is 0 Å². The third-order valence-corrected chi connectivity index (χ3v) is 3.36. The van der Waals surface area contributed by atoms with Crippen LogP contribution in [-0.2, 0) is 4.79 Å². The zero-order valence-corrected chi connectivity index (χ0v) is 13.3. The lowest BCUT2D eigenvalue weighted by molar-refractivity contribution is -0.385. The van der Waals surface area contributed by atoms with Crippen LogP contribution in [0.5, 0.6) is 0 Å². The molecule has 1 aromatic carbocycles. The minimum atomic E-state index is -0.575. The molecule has 1 aromatic rings. The van der Waals surface area contributed by atoms with Crippen LogP contribution in [0.2, 0.25) is 0 Å². The van der Waals surface area contributed by atoms with Crippen LogP contribution in [0.4, 0.5) is 5.69 Å². The van der Waals surface area contributed by atoms with Gasteiger partial charge in [0.05, 0.1) is 15.9 Å². The van der Waals surface area contributed by atoms with E-state index in [1.807, 2.05) is 6.92 Å². The highest BCUT2D eigenvalue weighted by Gasteiger charge is 2.19. The van der Waals surface area contributed by atoms with Crippen LogP contribution in [0, 0.1) is 10.1 Å². The van der Waals surface area contributed by atoms with Crippen molar-refractivity contribution in [3.8, 4) is 0 Å². The van der Waals surface area contributed by atoms with E-state index in [2.05, 4.69) is 21.2 Å². The zero-order valence-electron chi connectivity index (χ0n) is 11.8. The fraction of sp³-hybridized carbons (Fsp3) is 0.385. The van der Waals surface area contributed by atoms with Gasteiger partial charge in [0.1, 0.15) is 0 Å². The van der Waals surface area contributed by atoms with Gasteiger partial charge in [0.2, 0.25) is 5.91 Å². The van der Waals surface area contributed by atoms with Crippen molar-refractivity contribution < 1.29 is 14.5 Å². The largest absolute Gasteiger partial charge is 0.355 e. The quantitative estimate of drug-likeness (QED) is 0.621. The molecule has 8 heteroatoms. The molecule has 0 bridgehead atoms. The lowest BCUT2D eigenvalue weighted by Gasteiger charge is -2.16. The van der Waals surface area contributed by atoms with E-state index >= 15 is 0 Å². The molecule has 0 aliphatic heterocycles. The van der Waals surface area contributed by atoms with Gasteiger partial charge in [-0.05, 0) is 34.5 Å². The van der Waals surface area contributed by atoms with Crippen molar-refractivity contribution in [3.63, 3.8) is 0 Å². The topological polar surface area (TPSA) is 92.6 Å². The van der Waals surface area contributed by atoms with Crippen molar-refractivity contribution >= 4 is 33.4 Å². The molecule has 0 unspecified atom stereocenters. The Kier molecular flexibility index (Phi) is 6.29. The lowest BCUT2D eigenvalue weighted by Crippen LogP contribution is -2.38. The molecule has 21 heavy (non-hydrogen) atoms. The normalized spacial score (nSPS) is 10.0. The summed E-state index contributed by atoms with van der Waals surface area (Å²) < 4.78 is 0.299. The number of amides is 2. The maximum absolute atomic E-state index is 12.1. The van der Waals surface area contributed by atoms with Gasteiger partial charge in [-0.1, -0.05) is 6.92 Å². The molecule has 2 amide bonds. The van der Waals surface area contributed by atoms with Crippen molar-refractivity contribution in [2.45, 2.75) is 13.3 Å².